The van der Waals surface area contributed by atoms with Gasteiger partial charge >= 0.3 is 0 Å². The molecule has 0 saturated heterocycles. The van der Waals surface area contributed by atoms with E-state index in [9.17, 15) is 4.79 Å². The van der Waals surface area contributed by atoms with E-state index >= 15 is 0 Å². The molecule has 0 aliphatic carbocycles. The average molecular weight is 312 g/mol. The highest BCUT2D eigenvalue weighted by Gasteiger charge is 2.14. The molecule has 0 aromatic heterocycles. The number of hydrogen-bond donors (Lipinski definition) is 0. The molecular weight excluding hydrogens is 292 g/mol. The highest BCUT2D eigenvalue weighted by atomic mass is 16.5. The predicted molar refractivity (Wildman–Crippen MR) is 90.6 cm³/mol. The van der Waals surface area contributed by atoms with Crippen molar-refractivity contribution in [1.82, 2.24) is 0 Å². The first-order chi connectivity index (χ1) is 11.1. The molecule has 0 aliphatic rings. The van der Waals surface area contributed by atoms with Crippen LogP contribution in [0.15, 0.2) is 42.5 Å². The topological polar surface area (TPSA) is 44.8 Å². The number of allylic oxidation sites excluding steroid dienone is 1. The van der Waals surface area contributed by atoms with Crippen LogP contribution < -0.4 is 14.2 Å². The number of hydrogen-bond acceptors (Lipinski definition) is 4. The zero-order valence-electron chi connectivity index (χ0n) is 13.8. The van der Waals surface area contributed by atoms with Crippen LogP contribution in [0.1, 0.15) is 21.5 Å². The van der Waals surface area contributed by atoms with Crippen molar-refractivity contribution in [3.8, 4) is 17.2 Å². The molecule has 0 N–H and O–H groups in total. The van der Waals surface area contributed by atoms with Gasteiger partial charge in [-0.05, 0) is 36.8 Å². The molecule has 0 bridgehead atoms. The van der Waals surface area contributed by atoms with Gasteiger partial charge in [0.1, 0.15) is 0 Å². The molecule has 0 spiro atoms. The van der Waals surface area contributed by atoms with Crippen LogP contribution in [0.25, 0.3) is 6.08 Å². The normalized spacial score (nSPS) is 10.6. The highest BCUT2D eigenvalue weighted by molar-refractivity contribution is 6.07. The van der Waals surface area contributed by atoms with Gasteiger partial charge in [0.15, 0.2) is 17.3 Å². The molecule has 0 radical (unpaired) electrons. The number of methoxy groups -OCH3 is 3. The second kappa shape index (κ2) is 7.49. The molecule has 4 nitrogen and oxygen atoms in total. The van der Waals surface area contributed by atoms with E-state index in [2.05, 4.69) is 0 Å². The number of carbonyl (C=O) groups is 1. The van der Waals surface area contributed by atoms with E-state index in [4.69, 9.17) is 14.2 Å². The summed E-state index contributed by atoms with van der Waals surface area (Å²) in [6, 6.07) is 11.1. The quantitative estimate of drug-likeness (QED) is 0.599. The Bertz CT molecular complexity index is 732. The van der Waals surface area contributed by atoms with Crippen LogP contribution in [-0.2, 0) is 0 Å². The number of rotatable bonds is 6. The third-order valence-corrected chi connectivity index (χ3v) is 3.56. The zero-order chi connectivity index (χ0) is 16.8. The lowest BCUT2D eigenvalue weighted by atomic mass is 10.0. The Morgan fingerprint density at radius 2 is 1.61 bits per heavy atom. The number of carbonyl (C=O) groups excluding carboxylic acids is 1. The van der Waals surface area contributed by atoms with Crippen LogP contribution in [0.4, 0.5) is 0 Å². The molecule has 0 saturated carbocycles. The van der Waals surface area contributed by atoms with Gasteiger partial charge < -0.3 is 14.2 Å². The van der Waals surface area contributed by atoms with E-state index < -0.39 is 0 Å². The molecule has 0 heterocycles. The number of benzene rings is 2. The summed E-state index contributed by atoms with van der Waals surface area (Å²) in [4.78, 5) is 12.3. The molecule has 2 rings (SSSR count). The second-order valence-corrected chi connectivity index (χ2v) is 4.94. The van der Waals surface area contributed by atoms with E-state index in [-0.39, 0.29) is 5.78 Å². The minimum absolute atomic E-state index is 0.0556. The monoisotopic (exact) mass is 312 g/mol. The first-order valence-electron chi connectivity index (χ1n) is 7.19. The van der Waals surface area contributed by atoms with Gasteiger partial charge in [0.05, 0.1) is 21.3 Å². The van der Waals surface area contributed by atoms with Gasteiger partial charge in [-0.1, -0.05) is 24.3 Å². The Kier molecular flexibility index (Phi) is 5.41. The van der Waals surface area contributed by atoms with E-state index in [0.717, 1.165) is 11.1 Å². The maximum absolute atomic E-state index is 12.3. The van der Waals surface area contributed by atoms with Gasteiger partial charge in [0.25, 0.3) is 0 Å². The maximum Gasteiger partial charge on any atom is 0.203 e. The molecule has 0 amide bonds. The SMILES string of the molecule is COc1ccc(/C=C/C(=O)c2ccccc2C)c(OC)c1OC. The van der Waals surface area contributed by atoms with E-state index in [1.165, 1.54) is 6.08 Å². The third-order valence-electron chi connectivity index (χ3n) is 3.56. The number of ketones is 1. The molecule has 0 fully saturated rings. The summed E-state index contributed by atoms with van der Waals surface area (Å²) >= 11 is 0. The summed E-state index contributed by atoms with van der Waals surface area (Å²) < 4.78 is 16.0. The van der Waals surface area contributed by atoms with Crippen LogP contribution in [0.3, 0.4) is 0 Å². The van der Waals surface area contributed by atoms with Crippen LogP contribution in [-0.4, -0.2) is 27.1 Å². The Balaban J connectivity index is 2.36. The number of aryl methyl sites for hydroxylation is 1. The van der Waals surface area contributed by atoms with Crippen LogP contribution in [0.2, 0.25) is 0 Å². The Labute approximate surface area is 136 Å². The summed E-state index contributed by atoms with van der Waals surface area (Å²) in [5.74, 6) is 1.55. The van der Waals surface area contributed by atoms with Crippen molar-refractivity contribution < 1.29 is 19.0 Å². The van der Waals surface area contributed by atoms with Crippen molar-refractivity contribution in [2.45, 2.75) is 6.92 Å². The summed E-state index contributed by atoms with van der Waals surface area (Å²) in [6.07, 6.45) is 3.25. The van der Waals surface area contributed by atoms with Gasteiger partial charge in [0.2, 0.25) is 5.75 Å². The van der Waals surface area contributed by atoms with Crippen molar-refractivity contribution in [3.05, 3.63) is 59.2 Å². The smallest absolute Gasteiger partial charge is 0.203 e. The molecule has 0 atom stereocenters. The van der Waals surface area contributed by atoms with E-state index in [1.807, 2.05) is 37.3 Å². The largest absolute Gasteiger partial charge is 0.493 e. The van der Waals surface area contributed by atoms with Gasteiger partial charge in [0, 0.05) is 11.1 Å². The molecule has 2 aromatic carbocycles. The van der Waals surface area contributed by atoms with Gasteiger partial charge in [-0.15, -0.1) is 0 Å². The van der Waals surface area contributed by atoms with Crippen LogP contribution in [0.5, 0.6) is 17.2 Å². The maximum atomic E-state index is 12.3. The fraction of sp³-hybridized carbons (Fsp3) is 0.211. The molecule has 0 aliphatic heterocycles. The van der Waals surface area contributed by atoms with Gasteiger partial charge in [-0.2, -0.15) is 0 Å². The van der Waals surface area contributed by atoms with E-state index in [0.29, 0.717) is 22.8 Å². The molecule has 4 heteroatoms. The zero-order valence-corrected chi connectivity index (χ0v) is 13.8. The van der Waals surface area contributed by atoms with Crippen LogP contribution >= 0.6 is 0 Å². The van der Waals surface area contributed by atoms with Crippen molar-refractivity contribution in [3.63, 3.8) is 0 Å². The van der Waals surface area contributed by atoms with Crippen molar-refractivity contribution in [1.29, 1.82) is 0 Å². The molecule has 120 valence electrons. The minimum atomic E-state index is -0.0556. The first-order valence-corrected chi connectivity index (χ1v) is 7.19. The minimum Gasteiger partial charge on any atom is -0.493 e. The summed E-state index contributed by atoms with van der Waals surface area (Å²) in [7, 11) is 4.67. The Morgan fingerprint density at radius 1 is 0.913 bits per heavy atom. The fourth-order valence-corrected chi connectivity index (χ4v) is 2.36. The van der Waals surface area contributed by atoms with Crippen molar-refractivity contribution >= 4 is 11.9 Å². The fourth-order valence-electron chi connectivity index (χ4n) is 2.36. The lowest BCUT2D eigenvalue weighted by molar-refractivity contribution is 0.104. The lowest BCUT2D eigenvalue weighted by Gasteiger charge is -2.13. The summed E-state index contributed by atoms with van der Waals surface area (Å²) in [6.45, 7) is 1.91. The molecular formula is C19H20O4. The Hall–Kier alpha value is -2.75. The van der Waals surface area contributed by atoms with Crippen molar-refractivity contribution in [2.24, 2.45) is 0 Å². The summed E-state index contributed by atoms with van der Waals surface area (Å²) in [5, 5.41) is 0. The standard InChI is InChI=1S/C19H20O4/c1-13-7-5-6-8-15(13)16(20)11-9-14-10-12-17(21-2)19(23-4)18(14)22-3/h5-12H,1-4H3/b11-9+. The van der Waals surface area contributed by atoms with Gasteiger partial charge in [-0.3, -0.25) is 4.79 Å². The van der Waals surface area contributed by atoms with Crippen molar-refractivity contribution in [2.75, 3.05) is 21.3 Å². The highest BCUT2D eigenvalue weighted by Crippen LogP contribution is 2.40. The number of ether oxygens (including phenoxy) is 3. The third kappa shape index (κ3) is 3.54. The summed E-state index contributed by atoms with van der Waals surface area (Å²) in [5.41, 5.74) is 2.37. The molecule has 0 unspecified atom stereocenters. The Morgan fingerprint density at radius 3 is 2.22 bits per heavy atom. The van der Waals surface area contributed by atoms with Crippen LogP contribution in [0, 0.1) is 6.92 Å². The lowest BCUT2D eigenvalue weighted by Crippen LogP contribution is -1.98. The second-order valence-electron chi connectivity index (χ2n) is 4.94. The molecule has 2 aromatic rings. The predicted octanol–water partition coefficient (Wildman–Crippen LogP) is 3.92. The average Bonchev–Trinajstić information content (AvgIpc) is 2.58. The molecule has 23 heavy (non-hydrogen) atoms. The van der Waals surface area contributed by atoms with E-state index in [1.54, 1.807) is 33.5 Å². The first kappa shape index (κ1) is 16.6. The van der Waals surface area contributed by atoms with Gasteiger partial charge in [-0.25, -0.2) is 0 Å².